The van der Waals surface area contributed by atoms with E-state index in [4.69, 9.17) is 4.74 Å². The van der Waals surface area contributed by atoms with Gasteiger partial charge in [-0.15, -0.1) is 0 Å². The number of aromatic nitrogens is 1. The van der Waals surface area contributed by atoms with Gasteiger partial charge in [0.2, 0.25) is 5.91 Å². The van der Waals surface area contributed by atoms with Crippen LogP contribution in [-0.2, 0) is 27.4 Å². The van der Waals surface area contributed by atoms with Crippen LogP contribution >= 0.6 is 0 Å². The molecule has 1 aliphatic carbocycles. The van der Waals surface area contributed by atoms with Crippen molar-refractivity contribution in [2.75, 3.05) is 32.1 Å². The van der Waals surface area contributed by atoms with Crippen molar-refractivity contribution in [2.45, 2.75) is 77.5 Å². The van der Waals surface area contributed by atoms with Crippen molar-refractivity contribution in [2.24, 2.45) is 5.41 Å². The summed E-state index contributed by atoms with van der Waals surface area (Å²) in [5.41, 5.74) is 3.42. The number of amides is 1. The first-order valence-corrected chi connectivity index (χ1v) is 13.4. The van der Waals surface area contributed by atoms with Gasteiger partial charge < -0.3 is 24.8 Å². The second-order valence-corrected chi connectivity index (χ2v) is 10.7. The predicted molar refractivity (Wildman–Crippen MR) is 139 cm³/mol. The van der Waals surface area contributed by atoms with Crippen molar-refractivity contribution < 1.29 is 19.1 Å². The number of carbonyl (C=O) groups excluding carboxylic acids is 3. The normalized spacial score (nSPS) is 27.0. The highest BCUT2D eigenvalue weighted by Crippen LogP contribution is 2.60. The van der Waals surface area contributed by atoms with Gasteiger partial charge in [0, 0.05) is 60.9 Å². The van der Waals surface area contributed by atoms with Crippen LogP contribution in [0.2, 0.25) is 0 Å². The lowest BCUT2D eigenvalue weighted by atomic mass is 9.97. The Balaban J connectivity index is 1.56. The fraction of sp³-hybridized carbons (Fsp3) is 0.607. The third-order valence-corrected chi connectivity index (χ3v) is 8.30. The molecular formula is C28H38N4O4. The molecule has 1 amide bonds. The molecule has 3 atom stereocenters. The molecule has 1 aromatic carbocycles. The van der Waals surface area contributed by atoms with Crippen molar-refractivity contribution in [1.82, 2.24) is 14.8 Å². The van der Waals surface area contributed by atoms with Gasteiger partial charge in [-0.1, -0.05) is 6.92 Å². The predicted octanol–water partition coefficient (Wildman–Crippen LogP) is 3.51. The smallest absolute Gasteiger partial charge is 0.243 e. The van der Waals surface area contributed by atoms with Gasteiger partial charge in [0.15, 0.2) is 11.6 Å². The number of benzene rings is 1. The van der Waals surface area contributed by atoms with Gasteiger partial charge in [0.25, 0.3) is 0 Å². The third-order valence-electron chi connectivity index (χ3n) is 8.30. The van der Waals surface area contributed by atoms with E-state index in [0.717, 1.165) is 61.0 Å². The van der Waals surface area contributed by atoms with E-state index in [9.17, 15) is 14.4 Å². The van der Waals surface area contributed by atoms with Crippen LogP contribution in [0.4, 0.5) is 5.69 Å². The minimum atomic E-state index is -0.380. The molecule has 3 aliphatic rings. The van der Waals surface area contributed by atoms with E-state index in [1.54, 1.807) is 6.92 Å². The van der Waals surface area contributed by atoms with Crippen molar-refractivity contribution in [3.63, 3.8) is 0 Å². The van der Waals surface area contributed by atoms with Gasteiger partial charge >= 0.3 is 0 Å². The first kappa shape index (κ1) is 25.0. The standard InChI is InChI=1S/C28H38N4O4/c1-4-24(34)23-12-28-13-25(28)32(23)26(35)16-31-15-22(18(2)33)21-11-20(29-3)10-19(27(21)31)14-30-8-6-5-7-9-36-17-28/h10-11,15,23,25,29-30H,4-9,12-14,16-17H2,1-3H3/t23-,25+,28-/m0/s1. The number of ether oxygens (including phenoxy) is 1. The molecule has 36 heavy (non-hydrogen) atoms. The van der Waals surface area contributed by atoms with Gasteiger partial charge in [-0.2, -0.15) is 0 Å². The Kier molecular flexibility index (Phi) is 6.92. The summed E-state index contributed by atoms with van der Waals surface area (Å²) in [5.74, 6) is 0.0350. The van der Waals surface area contributed by atoms with Gasteiger partial charge in [-0.3, -0.25) is 14.4 Å². The Bertz CT molecular complexity index is 1190. The number of piperidine rings is 1. The number of carbonyl (C=O) groups is 3. The van der Waals surface area contributed by atoms with Gasteiger partial charge in [-0.25, -0.2) is 0 Å². The lowest BCUT2D eigenvalue weighted by Gasteiger charge is -2.27. The first-order valence-electron chi connectivity index (χ1n) is 13.4. The highest BCUT2D eigenvalue weighted by atomic mass is 16.5. The van der Waals surface area contributed by atoms with Crippen LogP contribution in [0.3, 0.4) is 0 Å². The summed E-state index contributed by atoms with van der Waals surface area (Å²) in [6.07, 6.45) is 6.99. The van der Waals surface area contributed by atoms with Crippen LogP contribution in [-0.4, -0.2) is 65.8 Å². The van der Waals surface area contributed by atoms with Crippen LogP contribution in [0.15, 0.2) is 18.3 Å². The van der Waals surface area contributed by atoms with Crippen LogP contribution in [0.5, 0.6) is 0 Å². The fourth-order valence-corrected chi connectivity index (χ4v) is 6.28. The van der Waals surface area contributed by atoms with Gasteiger partial charge in [0.05, 0.1) is 18.2 Å². The number of rotatable bonds is 4. The average molecular weight is 495 g/mol. The van der Waals surface area contributed by atoms with Crippen molar-refractivity contribution in [3.8, 4) is 0 Å². The summed E-state index contributed by atoms with van der Waals surface area (Å²) in [4.78, 5) is 41.2. The summed E-state index contributed by atoms with van der Waals surface area (Å²) < 4.78 is 7.99. The summed E-state index contributed by atoms with van der Waals surface area (Å²) in [5, 5.41) is 7.61. The quantitative estimate of drug-likeness (QED) is 0.632. The van der Waals surface area contributed by atoms with Crippen LogP contribution in [0.25, 0.3) is 10.9 Å². The van der Waals surface area contributed by atoms with E-state index in [1.165, 1.54) is 0 Å². The Hall–Kier alpha value is -2.71. The number of hydrogen-bond donors (Lipinski definition) is 2. The number of anilines is 1. The SMILES string of the molecule is CCC(=O)[C@@H]1C[C@]23COCCCCCNCc4cc(NC)cc5c(C(C)=O)cn(c45)CC(=O)N1[C@@H]2C3. The summed E-state index contributed by atoms with van der Waals surface area (Å²) in [6.45, 7) is 6.42. The molecule has 0 spiro atoms. The second-order valence-electron chi connectivity index (χ2n) is 10.7. The molecule has 2 aliphatic heterocycles. The molecular weight excluding hydrogens is 456 g/mol. The third kappa shape index (κ3) is 4.45. The molecule has 1 saturated heterocycles. The zero-order chi connectivity index (χ0) is 25.4. The number of nitrogens with zero attached hydrogens (tertiary/aromatic N) is 2. The summed E-state index contributed by atoms with van der Waals surface area (Å²) in [7, 11) is 1.87. The zero-order valence-corrected chi connectivity index (χ0v) is 21.7. The molecule has 8 nitrogen and oxygen atoms in total. The largest absolute Gasteiger partial charge is 0.388 e. The van der Waals surface area contributed by atoms with Crippen LogP contribution in [0, 0.1) is 5.41 Å². The fourth-order valence-electron chi connectivity index (χ4n) is 6.28. The molecule has 0 radical (unpaired) electrons. The highest BCUT2D eigenvalue weighted by molar-refractivity contribution is 6.09. The Morgan fingerprint density at radius 3 is 2.81 bits per heavy atom. The van der Waals surface area contributed by atoms with Gasteiger partial charge in [0.1, 0.15) is 6.54 Å². The number of ketones is 2. The number of Topliss-reactive ketones (excluding diaryl/α,β-unsaturated/α-hetero) is 2. The molecule has 8 heteroatoms. The Morgan fingerprint density at radius 1 is 1.22 bits per heavy atom. The molecule has 1 saturated carbocycles. The van der Waals surface area contributed by atoms with E-state index < -0.39 is 0 Å². The van der Waals surface area contributed by atoms with E-state index in [-0.39, 0.29) is 41.5 Å². The van der Waals surface area contributed by atoms with Crippen LogP contribution < -0.4 is 10.6 Å². The Labute approximate surface area is 212 Å². The molecule has 3 heterocycles. The Morgan fingerprint density at radius 2 is 2.06 bits per heavy atom. The van der Waals surface area contributed by atoms with E-state index in [2.05, 4.69) is 16.7 Å². The molecule has 2 aromatic rings. The number of hydrogen-bond acceptors (Lipinski definition) is 6. The molecule has 2 N–H and O–H groups in total. The summed E-state index contributed by atoms with van der Waals surface area (Å²) in [6, 6.07) is 3.76. The second kappa shape index (κ2) is 9.98. The minimum Gasteiger partial charge on any atom is -0.388 e. The molecule has 1 aromatic heterocycles. The van der Waals surface area contributed by atoms with Gasteiger partial charge in [-0.05, 0) is 63.3 Å². The molecule has 0 unspecified atom stereocenters. The lowest BCUT2D eigenvalue weighted by Crippen LogP contribution is -2.44. The van der Waals surface area contributed by atoms with Crippen LogP contribution in [0.1, 0.15) is 68.3 Å². The maximum Gasteiger partial charge on any atom is 0.243 e. The van der Waals surface area contributed by atoms with Crippen molar-refractivity contribution in [1.29, 1.82) is 0 Å². The first-order chi connectivity index (χ1) is 17.4. The molecule has 2 bridgehead atoms. The van der Waals surface area contributed by atoms with E-state index in [0.29, 0.717) is 31.6 Å². The van der Waals surface area contributed by atoms with E-state index in [1.807, 2.05) is 35.7 Å². The summed E-state index contributed by atoms with van der Waals surface area (Å²) >= 11 is 0. The zero-order valence-electron chi connectivity index (χ0n) is 21.7. The molecule has 5 rings (SSSR count). The lowest BCUT2D eigenvalue weighted by molar-refractivity contribution is -0.139. The molecule has 2 fully saturated rings. The van der Waals surface area contributed by atoms with Crippen molar-refractivity contribution >= 4 is 34.1 Å². The average Bonchev–Trinajstić information content (AvgIpc) is 3.27. The topological polar surface area (TPSA) is 92.7 Å². The molecule has 194 valence electrons. The number of nitrogens with one attached hydrogen (secondary N) is 2. The maximum atomic E-state index is 13.8. The van der Waals surface area contributed by atoms with E-state index >= 15 is 0 Å². The monoisotopic (exact) mass is 494 g/mol. The highest BCUT2D eigenvalue weighted by Gasteiger charge is 2.66. The minimum absolute atomic E-state index is 0.0286. The maximum absolute atomic E-state index is 13.8. The van der Waals surface area contributed by atoms with Crippen molar-refractivity contribution in [3.05, 3.63) is 29.5 Å².